The van der Waals surface area contributed by atoms with Gasteiger partial charge in [0.1, 0.15) is 5.75 Å². The zero-order valence-electron chi connectivity index (χ0n) is 13.7. The first-order chi connectivity index (χ1) is 9.43. The predicted octanol–water partition coefficient (Wildman–Crippen LogP) is 3.80. The minimum Gasteiger partial charge on any atom is -0.497 e. The molecule has 3 heteroatoms. The van der Waals surface area contributed by atoms with Crippen molar-refractivity contribution in [1.29, 1.82) is 0 Å². The highest BCUT2D eigenvalue weighted by Crippen LogP contribution is 2.33. The largest absolute Gasteiger partial charge is 0.497 e. The summed E-state index contributed by atoms with van der Waals surface area (Å²) in [5.41, 5.74) is 1.27. The number of nitrogens with one attached hydrogen (secondary N) is 1. The van der Waals surface area contributed by atoms with E-state index >= 15 is 0 Å². The normalized spacial score (nSPS) is 14.9. The number of methoxy groups -OCH3 is 2. The summed E-state index contributed by atoms with van der Waals surface area (Å²) in [7, 11) is 3.49. The molecule has 0 heterocycles. The predicted molar refractivity (Wildman–Crippen MR) is 84.3 cm³/mol. The highest BCUT2D eigenvalue weighted by atomic mass is 16.5. The van der Waals surface area contributed by atoms with Gasteiger partial charge in [0.2, 0.25) is 0 Å². The van der Waals surface area contributed by atoms with E-state index in [1.807, 2.05) is 12.1 Å². The maximum Gasteiger partial charge on any atom is 0.119 e. The monoisotopic (exact) mass is 279 g/mol. The van der Waals surface area contributed by atoms with Crippen LogP contribution in [0, 0.1) is 5.41 Å². The molecule has 0 saturated heterocycles. The quantitative estimate of drug-likeness (QED) is 0.823. The topological polar surface area (TPSA) is 30.5 Å². The maximum absolute atomic E-state index is 5.80. The van der Waals surface area contributed by atoms with Crippen LogP contribution >= 0.6 is 0 Å². The Hall–Kier alpha value is -1.06. The van der Waals surface area contributed by atoms with Gasteiger partial charge in [0.15, 0.2) is 0 Å². The second-order valence-electron chi connectivity index (χ2n) is 6.23. The molecule has 0 aliphatic heterocycles. The van der Waals surface area contributed by atoms with Crippen LogP contribution < -0.4 is 10.1 Å². The molecule has 1 N–H and O–H groups in total. The van der Waals surface area contributed by atoms with Crippen LogP contribution in [0.5, 0.6) is 5.75 Å². The summed E-state index contributed by atoms with van der Waals surface area (Å²) in [6.45, 7) is 9.78. The Morgan fingerprint density at radius 1 is 1.20 bits per heavy atom. The molecular weight excluding hydrogens is 250 g/mol. The zero-order chi connectivity index (χ0) is 15.2. The van der Waals surface area contributed by atoms with Crippen LogP contribution in [-0.4, -0.2) is 26.9 Å². The molecule has 2 unspecified atom stereocenters. The van der Waals surface area contributed by atoms with Crippen LogP contribution in [0.15, 0.2) is 24.3 Å². The molecule has 1 rings (SSSR count). The molecule has 20 heavy (non-hydrogen) atoms. The van der Waals surface area contributed by atoms with E-state index in [4.69, 9.17) is 9.47 Å². The summed E-state index contributed by atoms with van der Waals surface area (Å²) in [5.74, 6) is 0.884. The van der Waals surface area contributed by atoms with Crippen LogP contribution in [-0.2, 0) is 4.74 Å². The third-order valence-electron chi connectivity index (χ3n) is 3.48. The van der Waals surface area contributed by atoms with E-state index in [2.05, 4.69) is 45.1 Å². The van der Waals surface area contributed by atoms with E-state index in [1.165, 1.54) is 5.56 Å². The SMILES string of the molecule is CCCNC(c1cccc(OC)c1)C(OC)C(C)(C)C. The third kappa shape index (κ3) is 4.50. The van der Waals surface area contributed by atoms with Crippen LogP contribution in [0.25, 0.3) is 0 Å². The Balaban J connectivity index is 3.09. The summed E-state index contributed by atoms with van der Waals surface area (Å²) >= 11 is 0. The first kappa shape index (κ1) is 17.0. The molecule has 0 radical (unpaired) electrons. The molecule has 2 atom stereocenters. The van der Waals surface area contributed by atoms with Gasteiger partial charge in [-0.05, 0) is 36.1 Å². The second-order valence-corrected chi connectivity index (χ2v) is 6.23. The van der Waals surface area contributed by atoms with Gasteiger partial charge in [0.05, 0.1) is 19.3 Å². The number of ether oxygens (including phenoxy) is 2. The van der Waals surface area contributed by atoms with E-state index in [9.17, 15) is 0 Å². The van der Waals surface area contributed by atoms with Gasteiger partial charge in [-0.15, -0.1) is 0 Å². The first-order valence-corrected chi connectivity index (χ1v) is 7.34. The average Bonchev–Trinajstić information content (AvgIpc) is 2.42. The summed E-state index contributed by atoms with van der Waals surface area (Å²) < 4.78 is 11.1. The Labute approximate surface area is 123 Å². The highest BCUT2D eigenvalue weighted by Gasteiger charge is 2.33. The number of rotatable bonds is 7. The molecule has 0 aliphatic carbocycles. The van der Waals surface area contributed by atoms with Crippen molar-refractivity contribution >= 4 is 0 Å². The van der Waals surface area contributed by atoms with Crippen molar-refractivity contribution in [2.24, 2.45) is 5.41 Å². The molecular formula is C17H29NO2. The zero-order valence-corrected chi connectivity index (χ0v) is 13.7. The molecule has 0 saturated carbocycles. The lowest BCUT2D eigenvalue weighted by Gasteiger charge is -2.37. The van der Waals surface area contributed by atoms with Crippen LogP contribution in [0.1, 0.15) is 45.7 Å². The fourth-order valence-electron chi connectivity index (χ4n) is 2.52. The number of hydrogen-bond donors (Lipinski definition) is 1. The summed E-state index contributed by atoms with van der Waals surface area (Å²) in [4.78, 5) is 0. The molecule has 0 bridgehead atoms. The van der Waals surface area contributed by atoms with Crippen molar-refractivity contribution in [3.05, 3.63) is 29.8 Å². The molecule has 1 aromatic rings. The lowest BCUT2D eigenvalue weighted by Crippen LogP contribution is -2.41. The molecule has 114 valence electrons. The minimum absolute atomic E-state index is 0.0588. The summed E-state index contributed by atoms with van der Waals surface area (Å²) in [5, 5.41) is 3.61. The van der Waals surface area contributed by atoms with Crippen molar-refractivity contribution in [2.75, 3.05) is 20.8 Å². The van der Waals surface area contributed by atoms with Crippen LogP contribution in [0.4, 0.5) is 0 Å². The van der Waals surface area contributed by atoms with Gasteiger partial charge in [0.25, 0.3) is 0 Å². The van der Waals surface area contributed by atoms with Gasteiger partial charge in [-0.3, -0.25) is 0 Å². The van der Waals surface area contributed by atoms with Gasteiger partial charge in [-0.25, -0.2) is 0 Å². The maximum atomic E-state index is 5.80. The van der Waals surface area contributed by atoms with Crippen LogP contribution in [0.2, 0.25) is 0 Å². The highest BCUT2D eigenvalue weighted by molar-refractivity contribution is 5.31. The van der Waals surface area contributed by atoms with Crippen molar-refractivity contribution in [3.63, 3.8) is 0 Å². The van der Waals surface area contributed by atoms with Gasteiger partial charge in [0, 0.05) is 7.11 Å². The van der Waals surface area contributed by atoms with E-state index < -0.39 is 0 Å². The number of benzene rings is 1. The Bertz CT molecular complexity index is 398. The Kier molecular flexibility index (Phi) is 6.50. The van der Waals surface area contributed by atoms with Crippen LogP contribution in [0.3, 0.4) is 0 Å². The second kappa shape index (κ2) is 7.65. The summed E-state index contributed by atoms with van der Waals surface area (Å²) in [6, 6.07) is 8.39. The smallest absolute Gasteiger partial charge is 0.119 e. The Morgan fingerprint density at radius 3 is 2.40 bits per heavy atom. The lowest BCUT2D eigenvalue weighted by molar-refractivity contribution is -0.0119. The van der Waals surface area contributed by atoms with E-state index in [-0.39, 0.29) is 17.6 Å². The lowest BCUT2D eigenvalue weighted by atomic mass is 9.82. The minimum atomic E-state index is 0.0588. The van der Waals surface area contributed by atoms with Crippen molar-refractivity contribution < 1.29 is 9.47 Å². The Morgan fingerprint density at radius 2 is 1.90 bits per heavy atom. The van der Waals surface area contributed by atoms with E-state index in [0.717, 1.165) is 18.7 Å². The molecule has 0 aliphatic rings. The van der Waals surface area contributed by atoms with Crippen molar-refractivity contribution in [1.82, 2.24) is 5.32 Å². The molecule has 0 aromatic heterocycles. The molecule has 0 fully saturated rings. The van der Waals surface area contributed by atoms with Gasteiger partial charge >= 0.3 is 0 Å². The van der Waals surface area contributed by atoms with Gasteiger partial charge < -0.3 is 14.8 Å². The molecule has 0 amide bonds. The van der Waals surface area contributed by atoms with E-state index in [1.54, 1.807) is 14.2 Å². The van der Waals surface area contributed by atoms with E-state index in [0.29, 0.717) is 0 Å². The molecule has 1 aromatic carbocycles. The first-order valence-electron chi connectivity index (χ1n) is 7.34. The average molecular weight is 279 g/mol. The standard InChI is InChI=1S/C17H29NO2/c1-7-11-18-15(16(20-6)17(2,3)4)13-9-8-10-14(12-13)19-5/h8-10,12,15-16,18H,7,11H2,1-6H3. The van der Waals surface area contributed by atoms with Gasteiger partial charge in [-0.1, -0.05) is 39.8 Å². The van der Waals surface area contributed by atoms with Crippen molar-refractivity contribution in [3.8, 4) is 5.75 Å². The number of hydrogen-bond acceptors (Lipinski definition) is 3. The summed E-state index contributed by atoms with van der Waals surface area (Å²) in [6.07, 6.45) is 1.20. The van der Waals surface area contributed by atoms with Gasteiger partial charge in [-0.2, -0.15) is 0 Å². The molecule has 3 nitrogen and oxygen atoms in total. The van der Waals surface area contributed by atoms with Crippen molar-refractivity contribution in [2.45, 2.75) is 46.3 Å². The third-order valence-corrected chi connectivity index (χ3v) is 3.48. The molecule has 0 spiro atoms. The fourth-order valence-corrected chi connectivity index (χ4v) is 2.52. The fraction of sp³-hybridized carbons (Fsp3) is 0.647.